The van der Waals surface area contributed by atoms with E-state index in [1.54, 1.807) is 6.07 Å². The number of rotatable bonds is 6. The maximum Gasteiger partial charge on any atom is 0.315 e. The van der Waals surface area contributed by atoms with Gasteiger partial charge in [0.25, 0.3) is 0 Å². The van der Waals surface area contributed by atoms with Gasteiger partial charge in [-0.05, 0) is 36.0 Å². The van der Waals surface area contributed by atoms with Crippen LogP contribution in [0.15, 0.2) is 18.2 Å². The number of carbonyl (C=O) groups is 2. The number of phenols is 1. The number of fused-ring (bicyclic) bond motifs is 1. The summed E-state index contributed by atoms with van der Waals surface area (Å²) in [6.07, 6.45) is 3.15. The van der Waals surface area contributed by atoms with Crippen LogP contribution >= 0.6 is 11.8 Å². The molecule has 2 saturated heterocycles. The van der Waals surface area contributed by atoms with Crippen molar-refractivity contribution in [3.8, 4) is 5.75 Å². The van der Waals surface area contributed by atoms with Gasteiger partial charge in [-0.2, -0.15) is 11.8 Å². The van der Waals surface area contributed by atoms with Crippen LogP contribution in [0.4, 0.5) is 10.5 Å². The van der Waals surface area contributed by atoms with Gasteiger partial charge < -0.3 is 21.1 Å². The molecule has 1 aromatic carbocycles. The number of benzene rings is 1. The highest BCUT2D eigenvalue weighted by molar-refractivity contribution is 8.00. The number of unbranched alkanes of at least 4 members (excludes halogenated alkanes) is 1. The van der Waals surface area contributed by atoms with Crippen molar-refractivity contribution in [2.24, 2.45) is 0 Å². The van der Waals surface area contributed by atoms with Crippen molar-refractivity contribution in [1.29, 1.82) is 0 Å². The molecule has 0 unspecified atom stereocenters. The van der Waals surface area contributed by atoms with Gasteiger partial charge in [-0.1, -0.05) is 33.3 Å². The van der Waals surface area contributed by atoms with Gasteiger partial charge in [-0.25, -0.2) is 4.79 Å². The number of anilines is 1. The topological polar surface area (TPSA) is 90.5 Å². The molecule has 3 rings (SSSR count). The normalized spacial score (nSPS) is 24.3. The average Bonchev–Trinajstić information content (AvgIpc) is 3.12. The van der Waals surface area contributed by atoms with Crippen molar-refractivity contribution in [3.63, 3.8) is 0 Å². The van der Waals surface area contributed by atoms with Crippen LogP contribution in [0.1, 0.15) is 52.0 Å². The van der Waals surface area contributed by atoms with Crippen LogP contribution in [0.3, 0.4) is 0 Å². The minimum Gasteiger partial charge on any atom is -0.506 e. The average molecular weight is 392 g/mol. The van der Waals surface area contributed by atoms with E-state index in [-0.39, 0.29) is 35.2 Å². The monoisotopic (exact) mass is 391 g/mol. The molecule has 6 nitrogen and oxygen atoms in total. The van der Waals surface area contributed by atoms with Crippen LogP contribution in [-0.4, -0.2) is 40.1 Å². The Morgan fingerprint density at radius 3 is 2.81 bits per heavy atom. The van der Waals surface area contributed by atoms with Gasteiger partial charge in [0.15, 0.2) is 0 Å². The van der Waals surface area contributed by atoms with Gasteiger partial charge in [0.1, 0.15) is 5.75 Å². The second kappa shape index (κ2) is 8.00. The first-order chi connectivity index (χ1) is 12.7. The van der Waals surface area contributed by atoms with E-state index in [1.807, 2.05) is 23.9 Å². The Morgan fingerprint density at radius 1 is 1.30 bits per heavy atom. The molecule has 0 spiro atoms. The van der Waals surface area contributed by atoms with Crippen LogP contribution in [0, 0.1) is 0 Å². The molecule has 7 heteroatoms. The minimum absolute atomic E-state index is 0.0471. The second-order valence-corrected chi connectivity index (χ2v) is 9.67. The third-order valence-electron chi connectivity index (χ3n) is 5.22. The molecule has 1 aromatic rings. The Balaban J connectivity index is 1.43. The largest absolute Gasteiger partial charge is 0.506 e. The summed E-state index contributed by atoms with van der Waals surface area (Å²) >= 11 is 1.89. The highest BCUT2D eigenvalue weighted by atomic mass is 32.2. The molecule has 4 N–H and O–H groups in total. The van der Waals surface area contributed by atoms with Crippen LogP contribution < -0.4 is 16.0 Å². The molecule has 2 aliphatic heterocycles. The van der Waals surface area contributed by atoms with E-state index < -0.39 is 0 Å². The van der Waals surface area contributed by atoms with Gasteiger partial charge in [0, 0.05) is 17.4 Å². The first kappa shape index (κ1) is 19.9. The number of thioether (sulfide) groups is 1. The number of nitrogens with one attached hydrogen (secondary N) is 3. The maximum absolute atomic E-state index is 12.3. The molecule has 0 saturated carbocycles. The van der Waals surface area contributed by atoms with Crippen molar-refractivity contribution in [1.82, 2.24) is 10.6 Å². The van der Waals surface area contributed by atoms with Gasteiger partial charge in [-0.15, -0.1) is 0 Å². The minimum atomic E-state index is -0.0795. The van der Waals surface area contributed by atoms with Gasteiger partial charge in [0.2, 0.25) is 5.91 Å². The predicted molar refractivity (Wildman–Crippen MR) is 109 cm³/mol. The summed E-state index contributed by atoms with van der Waals surface area (Å²) in [5.74, 6) is 0.969. The molecular weight excluding hydrogens is 362 g/mol. The first-order valence-corrected chi connectivity index (χ1v) is 10.6. The zero-order valence-corrected chi connectivity index (χ0v) is 17.0. The Hall–Kier alpha value is -1.89. The highest BCUT2D eigenvalue weighted by Gasteiger charge is 2.42. The number of hydrogen-bond acceptors (Lipinski definition) is 4. The fraction of sp³-hybridized carbons (Fsp3) is 0.600. The molecular formula is C20H29N3O3S. The third-order valence-corrected chi connectivity index (χ3v) is 6.73. The molecule has 3 amide bonds. The third kappa shape index (κ3) is 4.89. The van der Waals surface area contributed by atoms with E-state index in [2.05, 4.69) is 36.7 Å². The quantitative estimate of drug-likeness (QED) is 0.340. The van der Waals surface area contributed by atoms with Crippen molar-refractivity contribution in [3.05, 3.63) is 23.8 Å². The Kier molecular flexibility index (Phi) is 5.89. The number of phenolic OH excluding ortho intramolecular Hbond substituents is 1. The first-order valence-electron chi connectivity index (χ1n) is 9.56. The molecule has 148 valence electrons. The van der Waals surface area contributed by atoms with E-state index in [0.717, 1.165) is 30.6 Å². The summed E-state index contributed by atoms with van der Waals surface area (Å²) in [6.45, 7) is 6.29. The lowest BCUT2D eigenvalue weighted by atomic mass is 9.87. The van der Waals surface area contributed by atoms with Crippen molar-refractivity contribution >= 4 is 29.4 Å². The number of urea groups is 1. The van der Waals surface area contributed by atoms with Crippen molar-refractivity contribution < 1.29 is 14.7 Å². The summed E-state index contributed by atoms with van der Waals surface area (Å²) in [7, 11) is 0. The summed E-state index contributed by atoms with van der Waals surface area (Å²) < 4.78 is 0. The summed E-state index contributed by atoms with van der Waals surface area (Å²) in [6, 6.07) is 5.76. The van der Waals surface area contributed by atoms with E-state index in [0.29, 0.717) is 17.4 Å². The Bertz CT molecular complexity index is 717. The van der Waals surface area contributed by atoms with E-state index in [1.165, 1.54) is 0 Å². The number of amides is 3. The van der Waals surface area contributed by atoms with Crippen molar-refractivity contribution in [2.45, 2.75) is 69.2 Å². The molecule has 27 heavy (non-hydrogen) atoms. The highest BCUT2D eigenvalue weighted by Crippen LogP contribution is 2.33. The number of hydrogen-bond donors (Lipinski definition) is 4. The van der Waals surface area contributed by atoms with E-state index in [9.17, 15) is 14.7 Å². The molecule has 0 bridgehead atoms. The standard InChI is InChI=1S/C20H29N3O3S/c1-20(2,3)12-8-9-15(24)13(10-12)21-17(25)7-5-4-6-16-18-14(11-27-16)22-19(26)23-18/h8-10,14,16,18,24H,4-7,11H2,1-3H3,(H,21,25)(H2,22,23,26)/t14-,16-,18-/m0/s1. The molecule has 3 atom stereocenters. The van der Waals surface area contributed by atoms with Gasteiger partial charge in [-0.3, -0.25) is 4.79 Å². The smallest absolute Gasteiger partial charge is 0.315 e. The zero-order chi connectivity index (χ0) is 19.6. The molecule has 2 fully saturated rings. The summed E-state index contributed by atoms with van der Waals surface area (Å²) in [5, 5.41) is 19.2. The van der Waals surface area contributed by atoms with Gasteiger partial charge >= 0.3 is 6.03 Å². The number of carbonyl (C=O) groups excluding carboxylic acids is 2. The Labute approximate surface area is 164 Å². The van der Waals surface area contributed by atoms with E-state index >= 15 is 0 Å². The summed E-state index contributed by atoms with van der Waals surface area (Å²) in [4.78, 5) is 23.7. The maximum atomic E-state index is 12.3. The van der Waals surface area contributed by atoms with Crippen LogP contribution in [0.2, 0.25) is 0 Å². The summed E-state index contributed by atoms with van der Waals surface area (Å²) in [5.41, 5.74) is 1.49. The lowest BCUT2D eigenvalue weighted by Gasteiger charge is -2.20. The molecule has 0 aliphatic carbocycles. The van der Waals surface area contributed by atoms with E-state index in [4.69, 9.17) is 0 Å². The molecule has 2 aliphatic rings. The lowest BCUT2D eigenvalue weighted by Crippen LogP contribution is -2.36. The number of aromatic hydroxyl groups is 1. The van der Waals surface area contributed by atoms with Gasteiger partial charge in [0.05, 0.1) is 17.8 Å². The van der Waals surface area contributed by atoms with Crippen LogP contribution in [0.25, 0.3) is 0 Å². The molecule has 0 radical (unpaired) electrons. The fourth-order valence-corrected chi connectivity index (χ4v) is 5.13. The molecule has 0 aromatic heterocycles. The van der Waals surface area contributed by atoms with Crippen LogP contribution in [-0.2, 0) is 10.2 Å². The molecule has 2 heterocycles. The fourth-order valence-electron chi connectivity index (χ4n) is 3.59. The predicted octanol–water partition coefficient (Wildman–Crippen LogP) is 3.35. The Morgan fingerprint density at radius 2 is 2.07 bits per heavy atom. The second-order valence-electron chi connectivity index (χ2n) is 8.40. The SMILES string of the molecule is CC(C)(C)c1ccc(O)c(NC(=O)CCCC[C@@H]2SC[C@@H]3NC(=O)N[C@@H]32)c1. The zero-order valence-electron chi connectivity index (χ0n) is 16.2. The van der Waals surface area contributed by atoms with Crippen LogP contribution in [0.5, 0.6) is 5.75 Å². The van der Waals surface area contributed by atoms with Crippen molar-refractivity contribution in [2.75, 3.05) is 11.1 Å². The lowest BCUT2D eigenvalue weighted by molar-refractivity contribution is -0.116.